The van der Waals surface area contributed by atoms with Crippen LogP contribution in [0.3, 0.4) is 0 Å². The van der Waals surface area contributed by atoms with Crippen LogP contribution in [0.5, 0.6) is 0 Å². The molecule has 10 nitrogen and oxygen atoms in total. The smallest absolute Gasteiger partial charge is 0.330 e. The van der Waals surface area contributed by atoms with Crippen LogP contribution in [0.4, 0.5) is 11.5 Å². The maximum absolute atomic E-state index is 12.8. The molecule has 10 heteroatoms. The number of anilines is 2. The molecule has 31 heavy (non-hydrogen) atoms. The molecule has 1 aromatic heterocycles. The molecule has 0 atom stereocenters. The van der Waals surface area contributed by atoms with Crippen molar-refractivity contribution in [2.24, 2.45) is 11.8 Å². The third-order valence-electron chi connectivity index (χ3n) is 4.31. The summed E-state index contributed by atoms with van der Waals surface area (Å²) in [7, 11) is 1.53. The Balaban J connectivity index is 3.20. The van der Waals surface area contributed by atoms with Crippen molar-refractivity contribution in [2.75, 3.05) is 37.3 Å². The number of carbonyl (C=O) groups excluding carboxylic acids is 2. The lowest BCUT2D eigenvalue weighted by atomic mass is 10.1. The van der Waals surface area contributed by atoms with E-state index < -0.39 is 16.8 Å². The Hall–Kier alpha value is -2.78. The van der Waals surface area contributed by atoms with Crippen molar-refractivity contribution in [2.45, 2.75) is 60.5 Å². The van der Waals surface area contributed by atoms with Crippen LogP contribution in [0.1, 0.15) is 48.5 Å². The molecule has 4 N–H and O–H groups in total. The molecule has 0 radical (unpaired) electrons. The first-order valence-electron chi connectivity index (χ1n) is 10.5. The molecule has 1 rings (SSSR count). The zero-order valence-electron chi connectivity index (χ0n) is 20.0. The average molecular weight is 439 g/mol. The van der Waals surface area contributed by atoms with Gasteiger partial charge >= 0.3 is 5.69 Å². The lowest BCUT2D eigenvalue weighted by molar-refractivity contribution is -0.134. The summed E-state index contributed by atoms with van der Waals surface area (Å²) < 4.78 is 1.32. The Morgan fingerprint density at radius 3 is 2.16 bits per heavy atom. The second-order valence-corrected chi connectivity index (χ2v) is 9.82. The van der Waals surface area contributed by atoms with E-state index in [1.165, 1.54) is 16.5 Å². The van der Waals surface area contributed by atoms with Gasteiger partial charge in [-0.3, -0.25) is 23.9 Å². The fraction of sp³-hybridized carbons (Fsp3) is 0.714. The molecule has 0 bridgehead atoms. The molecule has 0 aromatic carbocycles. The fourth-order valence-corrected chi connectivity index (χ4v) is 3.15. The third kappa shape index (κ3) is 8.10. The Morgan fingerprint density at radius 1 is 1.10 bits per heavy atom. The van der Waals surface area contributed by atoms with Crippen molar-refractivity contribution in [3.63, 3.8) is 0 Å². The molecule has 176 valence electrons. The highest BCUT2D eigenvalue weighted by atomic mass is 16.2. The van der Waals surface area contributed by atoms with Gasteiger partial charge in [0.05, 0.1) is 13.1 Å². The molecule has 0 spiro atoms. The molecule has 0 saturated carbocycles. The Morgan fingerprint density at radius 2 is 1.68 bits per heavy atom. The SMILES string of the molecule is CC(C)CN(CC(=O)N(C)CC(=O)NC(C)(C)C)c1c(N)n(CC(C)C)c(=O)[nH]c1=O. The standard InChI is InChI=1S/C21H38N6O4/c1-13(2)9-26(12-16(29)25(8)11-15(28)24-21(5,6)7)17-18(22)27(10-14(3)4)20(31)23-19(17)30/h13-14H,9-12,22H2,1-8H3,(H,24,28)(H,23,30,31). The second kappa shape index (κ2) is 10.5. The van der Waals surface area contributed by atoms with Crippen molar-refractivity contribution < 1.29 is 9.59 Å². The number of carbonyl (C=O) groups is 2. The van der Waals surface area contributed by atoms with Crippen molar-refractivity contribution in [1.29, 1.82) is 0 Å². The maximum Gasteiger partial charge on any atom is 0.330 e. The minimum absolute atomic E-state index is 0.0315. The summed E-state index contributed by atoms with van der Waals surface area (Å²) in [6.45, 7) is 13.8. The number of rotatable bonds is 9. The van der Waals surface area contributed by atoms with Crippen LogP contribution in [-0.2, 0) is 16.1 Å². The number of hydrogen-bond acceptors (Lipinski definition) is 6. The number of amides is 2. The summed E-state index contributed by atoms with van der Waals surface area (Å²) in [5, 5.41) is 2.81. The van der Waals surface area contributed by atoms with Gasteiger partial charge in [-0.1, -0.05) is 27.7 Å². The first-order valence-corrected chi connectivity index (χ1v) is 10.5. The zero-order chi connectivity index (χ0) is 24.1. The van der Waals surface area contributed by atoms with E-state index in [9.17, 15) is 19.2 Å². The predicted octanol–water partition coefficient (Wildman–Crippen LogP) is 0.610. The summed E-state index contributed by atoms with van der Waals surface area (Å²) in [6, 6.07) is 0. The Labute approximate surface area is 183 Å². The van der Waals surface area contributed by atoms with Gasteiger partial charge in [0.2, 0.25) is 11.8 Å². The molecule has 0 fully saturated rings. The van der Waals surface area contributed by atoms with E-state index in [0.717, 1.165) is 0 Å². The van der Waals surface area contributed by atoms with Gasteiger partial charge in [0.15, 0.2) is 0 Å². The van der Waals surface area contributed by atoms with Gasteiger partial charge < -0.3 is 20.9 Å². The maximum atomic E-state index is 12.8. The first-order chi connectivity index (χ1) is 14.1. The number of nitrogens with two attached hydrogens (primary N) is 1. The number of nitrogens with zero attached hydrogens (tertiary/aromatic N) is 3. The van der Waals surface area contributed by atoms with Crippen molar-refractivity contribution in [1.82, 2.24) is 19.8 Å². The van der Waals surface area contributed by atoms with E-state index in [2.05, 4.69) is 10.3 Å². The van der Waals surface area contributed by atoms with Crippen molar-refractivity contribution in [3.8, 4) is 0 Å². The summed E-state index contributed by atoms with van der Waals surface area (Å²) in [6.07, 6.45) is 0. The van der Waals surface area contributed by atoms with Crippen LogP contribution in [-0.4, -0.2) is 58.5 Å². The van der Waals surface area contributed by atoms with E-state index in [1.54, 1.807) is 4.90 Å². The zero-order valence-corrected chi connectivity index (χ0v) is 20.0. The van der Waals surface area contributed by atoms with E-state index >= 15 is 0 Å². The number of hydrogen-bond donors (Lipinski definition) is 3. The normalized spacial score (nSPS) is 11.7. The number of likely N-dealkylation sites (N-methyl/N-ethyl adjacent to an activating group) is 1. The van der Waals surface area contributed by atoms with Crippen LogP contribution in [0.2, 0.25) is 0 Å². The largest absolute Gasteiger partial charge is 0.383 e. The van der Waals surface area contributed by atoms with Crippen LogP contribution >= 0.6 is 0 Å². The summed E-state index contributed by atoms with van der Waals surface area (Å²) in [4.78, 5) is 55.1. The Kier molecular flexibility index (Phi) is 8.89. The molecule has 2 amide bonds. The molecular weight excluding hydrogens is 400 g/mol. The minimum atomic E-state index is -0.635. The summed E-state index contributed by atoms with van der Waals surface area (Å²) in [5.74, 6) is -0.339. The topological polar surface area (TPSA) is 134 Å². The summed E-state index contributed by atoms with van der Waals surface area (Å²) in [5.41, 5.74) is 4.70. The highest BCUT2D eigenvalue weighted by Crippen LogP contribution is 2.19. The number of aromatic amines is 1. The fourth-order valence-electron chi connectivity index (χ4n) is 3.15. The molecule has 0 aliphatic heterocycles. The third-order valence-corrected chi connectivity index (χ3v) is 4.31. The van der Waals surface area contributed by atoms with E-state index in [1.807, 2.05) is 48.5 Å². The average Bonchev–Trinajstić information content (AvgIpc) is 2.55. The van der Waals surface area contributed by atoms with Crippen LogP contribution in [0, 0.1) is 11.8 Å². The molecule has 0 unspecified atom stereocenters. The number of nitrogens with one attached hydrogen (secondary N) is 2. The van der Waals surface area contributed by atoms with E-state index in [4.69, 9.17) is 5.73 Å². The lowest BCUT2D eigenvalue weighted by Crippen LogP contribution is -2.49. The number of aromatic nitrogens is 2. The van der Waals surface area contributed by atoms with E-state index in [0.29, 0.717) is 13.1 Å². The molecule has 0 aliphatic rings. The van der Waals surface area contributed by atoms with Crippen LogP contribution < -0.4 is 27.2 Å². The Bertz CT molecular complexity index is 895. The monoisotopic (exact) mass is 438 g/mol. The van der Waals surface area contributed by atoms with E-state index in [-0.39, 0.29) is 48.2 Å². The molecule has 1 aromatic rings. The van der Waals surface area contributed by atoms with Crippen LogP contribution in [0.15, 0.2) is 9.59 Å². The van der Waals surface area contributed by atoms with Gasteiger partial charge in [-0.15, -0.1) is 0 Å². The number of H-pyrrole nitrogens is 1. The van der Waals surface area contributed by atoms with Gasteiger partial charge in [0.25, 0.3) is 5.56 Å². The van der Waals surface area contributed by atoms with Gasteiger partial charge in [-0.2, -0.15) is 0 Å². The minimum Gasteiger partial charge on any atom is -0.383 e. The second-order valence-electron chi connectivity index (χ2n) is 9.82. The van der Waals surface area contributed by atoms with Gasteiger partial charge in [0.1, 0.15) is 11.5 Å². The molecule has 0 saturated heterocycles. The van der Waals surface area contributed by atoms with Crippen LogP contribution in [0.25, 0.3) is 0 Å². The van der Waals surface area contributed by atoms with Gasteiger partial charge in [-0.25, -0.2) is 4.79 Å². The molecule has 0 aliphatic carbocycles. The molecular formula is C21H38N6O4. The number of nitrogen functional groups attached to an aromatic ring is 1. The van der Waals surface area contributed by atoms with Crippen molar-refractivity contribution in [3.05, 3.63) is 20.8 Å². The van der Waals surface area contributed by atoms with Gasteiger partial charge in [-0.05, 0) is 32.6 Å². The lowest BCUT2D eigenvalue weighted by Gasteiger charge is -2.29. The highest BCUT2D eigenvalue weighted by molar-refractivity contribution is 5.87. The molecule has 1 heterocycles. The van der Waals surface area contributed by atoms with Crippen molar-refractivity contribution >= 4 is 23.3 Å². The predicted molar refractivity (Wildman–Crippen MR) is 123 cm³/mol. The first kappa shape index (κ1) is 26.3. The van der Waals surface area contributed by atoms with Gasteiger partial charge in [0, 0.05) is 25.7 Å². The highest BCUT2D eigenvalue weighted by Gasteiger charge is 2.24. The summed E-state index contributed by atoms with van der Waals surface area (Å²) >= 11 is 0. The quantitative estimate of drug-likeness (QED) is 0.517.